The molecule has 0 bridgehead atoms. The van der Waals surface area contributed by atoms with Gasteiger partial charge in [-0.2, -0.15) is 4.99 Å². The third kappa shape index (κ3) is 3.86. The first-order chi connectivity index (χ1) is 12.1. The van der Waals surface area contributed by atoms with Crippen molar-refractivity contribution in [2.75, 3.05) is 6.54 Å². The Morgan fingerprint density at radius 2 is 2.12 bits per heavy atom. The van der Waals surface area contributed by atoms with Gasteiger partial charge < -0.3 is 9.90 Å². The summed E-state index contributed by atoms with van der Waals surface area (Å²) in [6.07, 6.45) is 4.99. The van der Waals surface area contributed by atoms with Crippen LogP contribution in [0.25, 0.3) is 6.08 Å². The molecule has 1 aliphatic rings. The highest BCUT2D eigenvalue weighted by Gasteiger charge is 2.32. The number of hydrogen-bond donors (Lipinski definition) is 0. The number of aromatic carboxylic acids is 1. The minimum absolute atomic E-state index is 0.0897. The average Bonchev–Trinajstić information content (AvgIpc) is 3.20. The zero-order valence-corrected chi connectivity index (χ0v) is 14.5. The van der Waals surface area contributed by atoms with Gasteiger partial charge in [0.15, 0.2) is 5.17 Å². The second-order valence-corrected chi connectivity index (χ2v) is 6.82. The summed E-state index contributed by atoms with van der Waals surface area (Å²) >= 11 is 2.63. The van der Waals surface area contributed by atoms with Crippen LogP contribution in [0.2, 0.25) is 0 Å². The predicted octanol–water partition coefficient (Wildman–Crippen LogP) is 2.30. The van der Waals surface area contributed by atoms with E-state index in [2.05, 4.69) is 16.6 Å². The van der Waals surface area contributed by atoms with Crippen molar-refractivity contribution in [2.45, 2.75) is 0 Å². The number of amidine groups is 1. The zero-order valence-electron chi connectivity index (χ0n) is 12.9. The van der Waals surface area contributed by atoms with Crippen LogP contribution >= 0.6 is 23.1 Å². The van der Waals surface area contributed by atoms with Crippen molar-refractivity contribution in [2.24, 2.45) is 4.99 Å². The van der Waals surface area contributed by atoms with Crippen molar-refractivity contribution in [3.05, 3.63) is 64.5 Å². The molecule has 1 aliphatic heterocycles. The molecule has 25 heavy (non-hydrogen) atoms. The highest BCUT2D eigenvalue weighted by molar-refractivity contribution is 8.18. The molecule has 1 aromatic carbocycles. The maximum Gasteiger partial charge on any atom is 0.267 e. The fourth-order valence-corrected chi connectivity index (χ4v) is 3.65. The summed E-state index contributed by atoms with van der Waals surface area (Å²) in [4.78, 5) is 33.9. The number of carbonyl (C=O) groups excluding carboxylic acids is 2. The summed E-state index contributed by atoms with van der Waals surface area (Å²) in [6.45, 7) is 4.02. The van der Waals surface area contributed by atoms with Crippen molar-refractivity contribution in [3.8, 4) is 0 Å². The number of aromatic nitrogens is 1. The molecule has 8 heteroatoms. The number of carbonyl (C=O) groups is 2. The van der Waals surface area contributed by atoms with E-state index in [-0.39, 0.29) is 11.5 Å². The van der Waals surface area contributed by atoms with Crippen LogP contribution in [0, 0.1) is 0 Å². The third-order valence-electron chi connectivity index (χ3n) is 3.25. The largest absolute Gasteiger partial charge is 0.545 e. The van der Waals surface area contributed by atoms with E-state index in [0.29, 0.717) is 21.7 Å². The van der Waals surface area contributed by atoms with Gasteiger partial charge >= 0.3 is 0 Å². The second kappa shape index (κ2) is 7.45. The lowest BCUT2D eigenvalue weighted by molar-refractivity contribution is -0.255. The maximum atomic E-state index is 12.6. The molecule has 1 aromatic heterocycles. The minimum Gasteiger partial charge on any atom is -0.545 e. The monoisotopic (exact) mass is 370 g/mol. The molecule has 0 N–H and O–H groups in total. The first-order valence-corrected chi connectivity index (χ1v) is 8.90. The summed E-state index contributed by atoms with van der Waals surface area (Å²) in [5, 5.41) is 13.7. The molecule has 1 fully saturated rings. The van der Waals surface area contributed by atoms with Crippen LogP contribution in [0.15, 0.2) is 58.4 Å². The summed E-state index contributed by atoms with van der Waals surface area (Å²) < 4.78 is 0. The topological polar surface area (TPSA) is 85.7 Å². The zero-order chi connectivity index (χ0) is 17.8. The highest BCUT2D eigenvalue weighted by Crippen LogP contribution is 2.34. The van der Waals surface area contributed by atoms with Gasteiger partial charge in [0.1, 0.15) is 0 Å². The Bertz CT molecular complexity index is 871. The minimum atomic E-state index is -1.24. The number of hydrogen-bond acceptors (Lipinski definition) is 7. The summed E-state index contributed by atoms with van der Waals surface area (Å²) in [5.74, 6) is -1.41. The van der Waals surface area contributed by atoms with Gasteiger partial charge in [-0.25, -0.2) is 4.98 Å². The number of thioether (sulfide) groups is 1. The molecule has 0 atom stereocenters. The Kier molecular flexibility index (Phi) is 5.11. The summed E-state index contributed by atoms with van der Waals surface area (Å²) in [6, 6.07) is 6.13. The first-order valence-electron chi connectivity index (χ1n) is 7.20. The average molecular weight is 370 g/mol. The quantitative estimate of drug-likeness (QED) is 0.595. The molecular formula is C17H12N3O3S2-. The van der Waals surface area contributed by atoms with E-state index in [1.807, 2.05) is 5.38 Å². The lowest BCUT2D eigenvalue weighted by atomic mass is 10.1. The number of amides is 1. The van der Waals surface area contributed by atoms with Crippen LogP contribution in [0.3, 0.4) is 0 Å². The molecule has 0 unspecified atom stereocenters. The van der Waals surface area contributed by atoms with Crippen LogP contribution in [0.1, 0.15) is 15.9 Å². The molecule has 2 heterocycles. The number of thiazole rings is 1. The second-order valence-electron chi connectivity index (χ2n) is 4.93. The van der Waals surface area contributed by atoms with Gasteiger partial charge in [-0.15, -0.1) is 17.9 Å². The van der Waals surface area contributed by atoms with Crippen molar-refractivity contribution >= 4 is 51.4 Å². The number of rotatable bonds is 5. The van der Waals surface area contributed by atoms with Crippen molar-refractivity contribution in [3.63, 3.8) is 0 Å². The van der Waals surface area contributed by atoms with Gasteiger partial charge in [-0.05, 0) is 29.0 Å². The molecular weight excluding hydrogens is 358 g/mol. The van der Waals surface area contributed by atoms with Crippen LogP contribution in [0.4, 0.5) is 5.13 Å². The Labute approximate surface area is 152 Å². The molecule has 2 aromatic rings. The molecule has 1 amide bonds. The normalized spacial score (nSPS) is 17.4. The van der Waals surface area contributed by atoms with Gasteiger partial charge in [0.2, 0.25) is 5.13 Å². The Morgan fingerprint density at radius 3 is 2.72 bits per heavy atom. The van der Waals surface area contributed by atoms with E-state index in [1.165, 1.54) is 40.1 Å². The lowest BCUT2D eigenvalue weighted by Gasteiger charge is -2.11. The Morgan fingerprint density at radius 1 is 1.36 bits per heavy atom. The van der Waals surface area contributed by atoms with Crippen LogP contribution in [-0.2, 0) is 4.79 Å². The fraction of sp³-hybridized carbons (Fsp3) is 0.0588. The van der Waals surface area contributed by atoms with E-state index in [4.69, 9.17) is 0 Å². The lowest BCUT2D eigenvalue weighted by Crippen LogP contribution is -2.29. The number of carboxylic acid groups (broad SMARTS) is 1. The van der Waals surface area contributed by atoms with Crippen molar-refractivity contribution in [1.82, 2.24) is 9.88 Å². The number of carboxylic acids is 1. The van der Waals surface area contributed by atoms with Gasteiger partial charge in [-0.3, -0.25) is 9.69 Å². The first kappa shape index (κ1) is 17.1. The van der Waals surface area contributed by atoms with E-state index >= 15 is 0 Å². The van der Waals surface area contributed by atoms with Crippen molar-refractivity contribution < 1.29 is 14.7 Å². The molecule has 126 valence electrons. The standard InChI is InChI=1S/C17H13N3O3S2/c1-2-8-20-14(21)13(25-17(20)19-16-18-7-9-24-16)10-11-3-5-12(6-4-11)15(22)23/h2-7,9-10H,1,8H2,(H,22,23)/p-1/b13-10+,19-17?. The molecule has 0 saturated carbocycles. The van der Waals surface area contributed by atoms with E-state index in [1.54, 1.807) is 30.5 Å². The SMILES string of the molecule is C=CCN1C(=O)/C(=C\c2ccc(C(=O)[O-])cc2)SC1=Nc1nccs1. The predicted molar refractivity (Wildman–Crippen MR) is 97.5 cm³/mol. The van der Waals surface area contributed by atoms with Crippen molar-refractivity contribution in [1.29, 1.82) is 0 Å². The van der Waals surface area contributed by atoms with Crippen LogP contribution < -0.4 is 5.11 Å². The molecule has 6 nitrogen and oxygen atoms in total. The van der Waals surface area contributed by atoms with Crippen LogP contribution in [-0.4, -0.2) is 33.5 Å². The third-order valence-corrected chi connectivity index (χ3v) is 4.93. The van der Waals surface area contributed by atoms with Crippen LogP contribution in [0.5, 0.6) is 0 Å². The Hall–Kier alpha value is -2.71. The molecule has 0 aliphatic carbocycles. The number of benzene rings is 1. The molecule has 3 rings (SSSR count). The van der Waals surface area contributed by atoms with Gasteiger partial charge in [-0.1, -0.05) is 30.3 Å². The maximum absolute atomic E-state index is 12.6. The Balaban J connectivity index is 1.90. The summed E-state index contributed by atoms with van der Waals surface area (Å²) in [5.41, 5.74) is 0.807. The summed E-state index contributed by atoms with van der Waals surface area (Å²) in [7, 11) is 0. The smallest absolute Gasteiger partial charge is 0.267 e. The highest BCUT2D eigenvalue weighted by atomic mass is 32.2. The number of nitrogens with zero attached hydrogens (tertiary/aromatic N) is 3. The molecule has 0 radical (unpaired) electrons. The fourth-order valence-electron chi connectivity index (χ4n) is 2.10. The van der Waals surface area contributed by atoms with Gasteiger partial charge in [0.25, 0.3) is 5.91 Å². The van der Waals surface area contributed by atoms with E-state index in [0.717, 1.165) is 5.56 Å². The number of aliphatic imine (C=N–C) groups is 1. The van der Waals surface area contributed by atoms with Gasteiger partial charge in [0.05, 0.1) is 10.9 Å². The van der Waals surface area contributed by atoms with E-state index in [9.17, 15) is 14.7 Å². The van der Waals surface area contributed by atoms with E-state index < -0.39 is 5.97 Å². The molecule has 1 saturated heterocycles. The molecule has 0 spiro atoms. The van der Waals surface area contributed by atoms with Gasteiger partial charge in [0, 0.05) is 18.1 Å².